The van der Waals surface area contributed by atoms with Gasteiger partial charge in [-0.2, -0.15) is 0 Å². The van der Waals surface area contributed by atoms with Crippen LogP contribution in [0.1, 0.15) is 48.5 Å². The number of unbranched alkanes of at least 4 members (excludes halogenated alkanes) is 2. The van der Waals surface area contributed by atoms with Crippen LogP contribution in [-0.2, 0) is 10.0 Å². The van der Waals surface area contributed by atoms with E-state index in [1.165, 1.54) is 12.1 Å². The van der Waals surface area contributed by atoms with E-state index < -0.39 is 21.7 Å². The van der Waals surface area contributed by atoms with Crippen LogP contribution < -0.4 is 14.9 Å². The van der Waals surface area contributed by atoms with Crippen LogP contribution in [0, 0.1) is 5.82 Å². The van der Waals surface area contributed by atoms with Crippen LogP contribution in [0.3, 0.4) is 0 Å². The molecule has 1 fully saturated rings. The molecule has 2 N–H and O–H groups in total. The van der Waals surface area contributed by atoms with Crippen molar-refractivity contribution in [2.75, 3.05) is 27.2 Å². The molecule has 0 bridgehead atoms. The van der Waals surface area contributed by atoms with Gasteiger partial charge in [-0.05, 0) is 61.2 Å². The summed E-state index contributed by atoms with van der Waals surface area (Å²) in [6, 6.07) is 18.8. The lowest BCUT2D eigenvalue weighted by atomic mass is 10.1. The number of carbonyl (C=O) groups is 1. The summed E-state index contributed by atoms with van der Waals surface area (Å²) >= 11 is 6.46. The molecule has 1 aliphatic heterocycles. The lowest BCUT2D eigenvalue weighted by Crippen LogP contribution is -2.26. The van der Waals surface area contributed by atoms with E-state index >= 15 is 0 Å². The molecule has 0 radical (unpaired) electrons. The summed E-state index contributed by atoms with van der Waals surface area (Å²) < 4.78 is 40.1. The number of amides is 1. The Bertz CT molecular complexity index is 1410. The van der Waals surface area contributed by atoms with Gasteiger partial charge in [0.1, 0.15) is 5.82 Å². The van der Waals surface area contributed by atoms with Crippen molar-refractivity contribution in [1.82, 2.24) is 0 Å². The second kappa shape index (κ2) is 11.8. The van der Waals surface area contributed by atoms with Crippen molar-refractivity contribution in [2.24, 2.45) is 0 Å². The number of nitrogens with one attached hydrogen (secondary N) is 2. The maximum absolute atomic E-state index is 14.8. The van der Waals surface area contributed by atoms with Gasteiger partial charge >= 0.3 is 0 Å². The number of allylic oxidation sites excluding steroid dienone is 1. The summed E-state index contributed by atoms with van der Waals surface area (Å²) in [5, 5.41) is 6.64. The first kappa shape index (κ1) is 26.7. The fourth-order valence-corrected chi connectivity index (χ4v) is 5.85. The second-order valence-corrected chi connectivity index (χ2v) is 11.2. The minimum Gasteiger partial charge on any atom is -0.354 e. The highest BCUT2D eigenvalue weighted by Crippen LogP contribution is 2.31. The second-order valence-electron chi connectivity index (χ2n) is 8.81. The van der Waals surface area contributed by atoms with E-state index in [2.05, 4.69) is 23.6 Å². The molecule has 9 heteroatoms. The highest BCUT2D eigenvalue weighted by molar-refractivity contribution is 7.93. The van der Waals surface area contributed by atoms with E-state index in [0.29, 0.717) is 22.8 Å². The number of hydrogen-bond acceptors (Lipinski definition) is 4. The Morgan fingerprint density at radius 3 is 2.51 bits per heavy atom. The van der Waals surface area contributed by atoms with E-state index in [9.17, 15) is 17.6 Å². The summed E-state index contributed by atoms with van der Waals surface area (Å²) in [5.74, 6) is -1.30. The monoisotopic (exact) mass is 541 g/mol. The third-order valence-electron chi connectivity index (χ3n) is 6.06. The van der Waals surface area contributed by atoms with Gasteiger partial charge in [0, 0.05) is 23.5 Å². The quantitative estimate of drug-likeness (QED) is 0.288. The van der Waals surface area contributed by atoms with Crippen molar-refractivity contribution in [3.8, 4) is 0 Å². The third-order valence-corrected chi connectivity index (χ3v) is 8.25. The zero-order valence-electron chi connectivity index (χ0n) is 20.5. The van der Waals surface area contributed by atoms with Gasteiger partial charge in [0.15, 0.2) is 0 Å². The Kier molecular flexibility index (Phi) is 8.51. The van der Waals surface area contributed by atoms with Crippen molar-refractivity contribution in [2.45, 2.75) is 32.6 Å². The Hall–Kier alpha value is -3.36. The topological polar surface area (TPSA) is 78.5 Å². The fourth-order valence-electron chi connectivity index (χ4n) is 4.12. The molecule has 0 aromatic heterocycles. The molecule has 1 heterocycles. The SMILES string of the molecule is CCCC/C=C(/Nc1cc(NC(=O)c2ccc(N3CCCS3(=O)=O)c(F)c2)ccc1Cl)c1ccccc1. The molecular weight excluding hydrogens is 513 g/mol. The third kappa shape index (κ3) is 6.50. The van der Waals surface area contributed by atoms with Crippen LogP contribution >= 0.6 is 11.6 Å². The van der Waals surface area contributed by atoms with Gasteiger partial charge in [0.2, 0.25) is 10.0 Å². The first-order valence-corrected chi connectivity index (χ1v) is 14.2. The van der Waals surface area contributed by atoms with Gasteiger partial charge < -0.3 is 10.6 Å². The Balaban J connectivity index is 1.53. The summed E-state index contributed by atoms with van der Waals surface area (Å²) in [5.41, 5.74) is 3.05. The number of hydrogen-bond donors (Lipinski definition) is 2. The van der Waals surface area contributed by atoms with Crippen molar-refractivity contribution >= 4 is 50.3 Å². The summed E-state index contributed by atoms with van der Waals surface area (Å²) in [4.78, 5) is 12.9. The number of nitrogens with zero attached hydrogens (tertiary/aromatic N) is 1. The highest BCUT2D eigenvalue weighted by Gasteiger charge is 2.30. The van der Waals surface area contributed by atoms with Crippen LogP contribution in [0.2, 0.25) is 5.02 Å². The predicted octanol–water partition coefficient (Wildman–Crippen LogP) is 6.91. The molecule has 37 heavy (non-hydrogen) atoms. The van der Waals surface area contributed by atoms with Crippen molar-refractivity contribution in [1.29, 1.82) is 0 Å². The largest absolute Gasteiger partial charge is 0.354 e. The van der Waals surface area contributed by atoms with Crippen LogP contribution in [-0.4, -0.2) is 26.6 Å². The average molecular weight is 542 g/mol. The molecule has 3 aromatic carbocycles. The Labute approximate surface area is 222 Å². The van der Waals surface area contributed by atoms with Crippen LogP contribution in [0.4, 0.5) is 21.5 Å². The van der Waals surface area contributed by atoms with Crippen LogP contribution in [0.15, 0.2) is 72.8 Å². The minimum atomic E-state index is -3.52. The molecular formula is C28H29ClFN3O3S. The first-order valence-electron chi connectivity index (χ1n) is 12.2. The van der Waals surface area contributed by atoms with Gasteiger partial charge in [-0.15, -0.1) is 0 Å². The number of rotatable bonds is 9. The zero-order valence-corrected chi connectivity index (χ0v) is 22.1. The van der Waals surface area contributed by atoms with E-state index in [4.69, 9.17) is 11.6 Å². The first-order chi connectivity index (χ1) is 17.8. The van der Waals surface area contributed by atoms with Gasteiger partial charge in [-0.25, -0.2) is 12.8 Å². The van der Waals surface area contributed by atoms with Crippen molar-refractivity contribution in [3.05, 3.63) is 94.8 Å². The molecule has 1 aliphatic rings. The number of benzene rings is 3. The molecule has 0 saturated carbocycles. The van der Waals surface area contributed by atoms with E-state index in [1.807, 2.05) is 30.3 Å². The maximum Gasteiger partial charge on any atom is 0.255 e. The van der Waals surface area contributed by atoms with Gasteiger partial charge in [-0.3, -0.25) is 9.10 Å². The normalized spacial score (nSPS) is 15.0. The Morgan fingerprint density at radius 2 is 1.84 bits per heavy atom. The van der Waals surface area contributed by atoms with Gasteiger partial charge in [0.05, 0.1) is 22.2 Å². The molecule has 4 rings (SSSR count). The maximum atomic E-state index is 14.8. The smallest absolute Gasteiger partial charge is 0.255 e. The number of halogens is 2. The van der Waals surface area contributed by atoms with Crippen molar-refractivity contribution in [3.63, 3.8) is 0 Å². The lowest BCUT2D eigenvalue weighted by molar-refractivity contribution is 0.102. The molecule has 0 aliphatic carbocycles. The van der Waals surface area contributed by atoms with Gasteiger partial charge in [-0.1, -0.05) is 61.4 Å². The molecule has 3 aromatic rings. The van der Waals surface area contributed by atoms with Crippen LogP contribution in [0.5, 0.6) is 0 Å². The van der Waals surface area contributed by atoms with E-state index in [1.54, 1.807) is 18.2 Å². The number of carbonyl (C=O) groups excluding carboxylic acids is 1. The standard InChI is InChI=1S/C28H29ClFN3O3S/c1-2-3-5-11-25(20-9-6-4-7-10-20)32-26-19-22(13-14-23(26)29)31-28(34)21-12-15-27(24(30)18-21)33-16-8-17-37(33,35)36/h4,6-7,9-15,18-19,32H,2-3,5,8,16-17H2,1H3,(H,31,34)/b25-11+. The number of anilines is 3. The molecule has 1 saturated heterocycles. The highest BCUT2D eigenvalue weighted by atomic mass is 35.5. The van der Waals surface area contributed by atoms with E-state index in [0.717, 1.165) is 40.9 Å². The minimum absolute atomic E-state index is 0.0125. The molecule has 6 nitrogen and oxygen atoms in total. The average Bonchev–Trinajstić information content (AvgIpc) is 3.24. The van der Waals surface area contributed by atoms with E-state index in [-0.39, 0.29) is 23.5 Å². The molecule has 0 atom stereocenters. The zero-order chi connectivity index (χ0) is 26.4. The lowest BCUT2D eigenvalue weighted by Gasteiger charge is -2.18. The fraction of sp³-hybridized carbons (Fsp3) is 0.250. The molecule has 1 amide bonds. The Morgan fingerprint density at radius 1 is 1.05 bits per heavy atom. The summed E-state index contributed by atoms with van der Waals surface area (Å²) in [7, 11) is -3.52. The van der Waals surface area contributed by atoms with Crippen LogP contribution in [0.25, 0.3) is 5.70 Å². The summed E-state index contributed by atoms with van der Waals surface area (Å²) in [6.07, 6.45) is 5.61. The molecule has 194 valence electrons. The number of sulfonamides is 1. The molecule has 0 spiro atoms. The summed E-state index contributed by atoms with van der Waals surface area (Å²) in [6.45, 7) is 2.36. The van der Waals surface area contributed by atoms with Crippen molar-refractivity contribution < 1.29 is 17.6 Å². The van der Waals surface area contributed by atoms with Gasteiger partial charge in [0.25, 0.3) is 5.91 Å². The predicted molar refractivity (Wildman–Crippen MR) is 149 cm³/mol. The molecule has 0 unspecified atom stereocenters.